The van der Waals surface area contributed by atoms with Gasteiger partial charge in [-0.15, -0.1) is 0 Å². The van der Waals surface area contributed by atoms with Crippen molar-refractivity contribution in [2.24, 2.45) is 0 Å². The van der Waals surface area contributed by atoms with Gasteiger partial charge in [-0.25, -0.2) is 5.48 Å². The first kappa shape index (κ1) is 38.0. The summed E-state index contributed by atoms with van der Waals surface area (Å²) < 4.78 is 43.4. The summed E-state index contributed by atoms with van der Waals surface area (Å²) in [5.74, 6) is -0.0823. The molecule has 0 aliphatic heterocycles. The van der Waals surface area contributed by atoms with E-state index >= 15 is 0 Å². The lowest BCUT2D eigenvalue weighted by Crippen LogP contribution is -2.32. The average Bonchev–Trinajstić information content (AvgIpc) is 2.95. The number of ether oxygens (including phenoxy) is 8. The van der Waals surface area contributed by atoms with Crippen molar-refractivity contribution in [3.63, 3.8) is 0 Å². The van der Waals surface area contributed by atoms with Crippen molar-refractivity contribution in [2.75, 3.05) is 139 Å². The molecular formula is C25H54N4O10. The largest absolute Gasteiger partial charge is 0.378 e. The van der Waals surface area contributed by atoms with E-state index in [1.165, 1.54) is 0 Å². The minimum Gasteiger partial charge on any atom is -0.378 e. The number of hydrogen-bond acceptors (Lipinski definition) is 13. The molecular weight excluding hydrogens is 516 g/mol. The van der Waals surface area contributed by atoms with Gasteiger partial charge in [-0.3, -0.25) is 10.1 Å². The van der Waals surface area contributed by atoms with E-state index < -0.39 is 0 Å². The van der Waals surface area contributed by atoms with Crippen molar-refractivity contribution < 1.29 is 47.9 Å². The summed E-state index contributed by atoms with van der Waals surface area (Å²) in [5, 5.41) is 17.2. The average molecular weight is 571 g/mol. The lowest BCUT2D eigenvalue weighted by Gasteiger charge is -2.09. The maximum atomic E-state index is 11.0. The minimum atomic E-state index is -0.0823. The number of amides is 1. The first-order valence-corrected chi connectivity index (χ1v) is 13.9. The second-order valence-corrected chi connectivity index (χ2v) is 8.16. The third-order valence-electron chi connectivity index (χ3n) is 4.94. The first-order valence-electron chi connectivity index (χ1n) is 13.9. The van der Waals surface area contributed by atoms with Crippen LogP contribution in [0, 0.1) is 0 Å². The van der Waals surface area contributed by atoms with Gasteiger partial charge in [0.2, 0.25) is 5.91 Å². The highest BCUT2D eigenvalue weighted by Crippen LogP contribution is 1.91. The molecule has 0 spiro atoms. The third kappa shape index (κ3) is 35.0. The number of hydroxylamine groups is 1. The zero-order valence-electron chi connectivity index (χ0n) is 23.9. The van der Waals surface area contributed by atoms with Crippen LogP contribution in [0.15, 0.2) is 0 Å². The van der Waals surface area contributed by atoms with Crippen LogP contribution in [0.2, 0.25) is 0 Å². The molecule has 14 heteroatoms. The van der Waals surface area contributed by atoms with E-state index in [-0.39, 0.29) is 12.5 Å². The third-order valence-corrected chi connectivity index (χ3v) is 4.94. The summed E-state index contributed by atoms with van der Waals surface area (Å²) in [4.78, 5) is 11.0. The van der Waals surface area contributed by atoms with Crippen molar-refractivity contribution in [1.82, 2.24) is 21.4 Å². The van der Waals surface area contributed by atoms with Crippen LogP contribution in [0.4, 0.5) is 0 Å². The van der Waals surface area contributed by atoms with Crippen LogP contribution < -0.4 is 21.4 Å². The van der Waals surface area contributed by atoms with Gasteiger partial charge in [-0.2, -0.15) is 0 Å². The topological polar surface area (TPSA) is 159 Å². The highest BCUT2D eigenvalue weighted by Gasteiger charge is 1.97. The maximum Gasteiger partial charge on any atom is 0.233 e. The highest BCUT2D eigenvalue weighted by atomic mass is 16.6. The van der Waals surface area contributed by atoms with Crippen LogP contribution in [-0.4, -0.2) is 150 Å². The van der Waals surface area contributed by atoms with Crippen LogP contribution in [-0.2, 0) is 42.7 Å². The normalized spacial score (nSPS) is 11.3. The standard InChI is InChI=1S/C25H54N4O10/c1-26-25(30)23-28-24-39-22-21-38-20-19-37-18-17-36-16-15-35-14-13-34-12-11-33-10-9-32-8-7-27-5-3-2-4-6-29-31/h27-29,31H,2-24H2,1H3,(H,26,30). The fourth-order valence-electron chi connectivity index (χ4n) is 2.84. The van der Waals surface area contributed by atoms with E-state index in [0.717, 1.165) is 32.4 Å². The lowest BCUT2D eigenvalue weighted by molar-refractivity contribution is -0.120. The molecule has 0 rings (SSSR count). The van der Waals surface area contributed by atoms with Crippen LogP contribution in [0.3, 0.4) is 0 Å². The summed E-state index contributed by atoms with van der Waals surface area (Å²) in [7, 11) is 1.59. The van der Waals surface area contributed by atoms with Crippen molar-refractivity contribution in [3.8, 4) is 0 Å². The van der Waals surface area contributed by atoms with Crippen molar-refractivity contribution in [2.45, 2.75) is 19.3 Å². The molecule has 1 amide bonds. The molecule has 14 nitrogen and oxygen atoms in total. The molecule has 0 aliphatic rings. The Morgan fingerprint density at radius 2 is 0.923 bits per heavy atom. The molecule has 0 unspecified atom stereocenters. The van der Waals surface area contributed by atoms with Gasteiger partial charge in [0.15, 0.2) is 0 Å². The van der Waals surface area contributed by atoms with Gasteiger partial charge >= 0.3 is 0 Å². The Labute approximate surface area is 234 Å². The zero-order chi connectivity index (χ0) is 28.3. The van der Waals surface area contributed by atoms with E-state index in [4.69, 9.17) is 43.1 Å². The quantitative estimate of drug-likeness (QED) is 0.0370. The Morgan fingerprint density at radius 3 is 1.36 bits per heavy atom. The first-order chi connectivity index (χ1) is 19.3. The predicted octanol–water partition coefficient (Wildman–Crippen LogP) is -0.849. The van der Waals surface area contributed by atoms with Gasteiger partial charge in [0.05, 0.1) is 112 Å². The summed E-state index contributed by atoms with van der Waals surface area (Å²) in [6, 6.07) is 0. The van der Waals surface area contributed by atoms with Gasteiger partial charge in [0, 0.05) is 20.1 Å². The van der Waals surface area contributed by atoms with Gasteiger partial charge in [0.1, 0.15) is 0 Å². The molecule has 0 saturated carbocycles. The molecule has 0 atom stereocenters. The fourth-order valence-corrected chi connectivity index (χ4v) is 2.84. The Kier molecular flexibility index (Phi) is 34.1. The molecule has 0 aromatic heterocycles. The molecule has 5 N–H and O–H groups in total. The van der Waals surface area contributed by atoms with E-state index in [0.29, 0.717) is 112 Å². The smallest absolute Gasteiger partial charge is 0.233 e. The number of nitrogens with one attached hydrogen (secondary N) is 4. The molecule has 0 heterocycles. The van der Waals surface area contributed by atoms with E-state index in [2.05, 4.69) is 21.4 Å². The van der Waals surface area contributed by atoms with Crippen LogP contribution in [0.5, 0.6) is 0 Å². The summed E-state index contributed by atoms with van der Waals surface area (Å²) >= 11 is 0. The summed E-state index contributed by atoms with van der Waals surface area (Å²) in [5.41, 5.74) is 2.16. The van der Waals surface area contributed by atoms with E-state index in [1.807, 2.05) is 0 Å². The molecule has 39 heavy (non-hydrogen) atoms. The predicted molar refractivity (Wildman–Crippen MR) is 145 cm³/mol. The van der Waals surface area contributed by atoms with Gasteiger partial charge in [0.25, 0.3) is 0 Å². The van der Waals surface area contributed by atoms with Gasteiger partial charge < -0.3 is 53.7 Å². The van der Waals surface area contributed by atoms with Gasteiger partial charge in [-0.05, 0) is 19.4 Å². The van der Waals surface area contributed by atoms with E-state index in [1.54, 1.807) is 7.05 Å². The number of carbonyl (C=O) groups excluding carboxylic acids is 1. The Bertz CT molecular complexity index is 484. The monoisotopic (exact) mass is 570 g/mol. The number of hydrogen-bond donors (Lipinski definition) is 5. The molecule has 0 saturated heterocycles. The van der Waals surface area contributed by atoms with Crippen LogP contribution in [0.25, 0.3) is 0 Å². The molecule has 0 bridgehead atoms. The molecule has 0 fully saturated rings. The SMILES string of the molecule is CNC(=O)CNCOCCOCCOCCOCCOCCOCCOCCOCCNCCCCCNO. The van der Waals surface area contributed by atoms with E-state index in [9.17, 15) is 4.79 Å². The second kappa shape index (κ2) is 35.0. The number of unbranched alkanes of at least 4 members (excludes halogenated alkanes) is 2. The van der Waals surface area contributed by atoms with Gasteiger partial charge in [-0.1, -0.05) is 6.42 Å². The molecule has 0 aliphatic carbocycles. The fraction of sp³-hybridized carbons (Fsp3) is 0.960. The van der Waals surface area contributed by atoms with Crippen molar-refractivity contribution >= 4 is 5.91 Å². The Morgan fingerprint density at radius 1 is 0.513 bits per heavy atom. The summed E-state index contributed by atoms with van der Waals surface area (Å²) in [6.07, 6.45) is 3.17. The number of carbonyl (C=O) groups is 1. The lowest BCUT2D eigenvalue weighted by atomic mass is 10.2. The Balaban J connectivity index is 3.03. The molecule has 234 valence electrons. The van der Waals surface area contributed by atoms with Crippen LogP contribution >= 0.6 is 0 Å². The second-order valence-electron chi connectivity index (χ2n) is 8.16. The van der Waals surface area contributed by atoms with Crippen molar-refractivity contribution in [1.29, 1.82) is 0 Å². The zero-order valence-corrected chi connectivity index (χ0v) is 23.9. The van der Waals surface area contributed by atoms with Crippen molar-refractivity contribution in [3.05, 3.63) is 0 Å². The maximum absolute atomic E-state index is 11.0. The molecule has 0 radical (unpaired) electrons. The summed E-state index contributed by atoms with van der Waals surface area (Å²) in [6.45, 7) is 10.8. The molecule has 0 aromatic carbocycles. The number of likely N-dealkylation sites (N-methyl/N-ethyl adjacent to an activating group) is 1. The van der Waals surface area contributed by atoms with Crippen LogP contribution in [0.1, 0.15) is 19.3 Å². The highest BCUT2D eigenvalue weighted by molar-refractivity contribution is 5.77. The number of rotatable bonds is 34. The Hall–Kier alpha value is -1.01. The molecule has 0 aromatic rings. The minimum absolute atomic E-state index is 0.0823.